The van der Waals surface area contributed by atoms with Crippen LogP contribution in [-0.4, -0.2) is 39.5 Å². The fraction of sp³-hybridized carbons (Fsp3) is 0.312. The molecule has 114 valence electrons. The number of carboxylic acids is 1. The van der Waals surface area contributed by atoms with Crippen LogP contribution in [0.2, 0.25) is 0 Å². The molecule has 1 aliphatic heterocycles. The fourth-order valence-electron chi connectivity index (χ4n) is 2.67. The minimum absolute atomic E-state index is 0.278. The Balaban J connectivity index is 1.83. The topological polar surface area (TPSA) is 70.5 Å². The summed E-state index contributed by atoms with van der Waals surface area (Å²) in [6, 6.07) is 8.90. The molecule has 2 aromatic rings. The molecular weight excluding hydrogens is 300 g/mol. The highest BCUT2D eigenvalue weighted by atomic mass is 32.1. The first-order chi connectivity index (χ1) is 10.7. The lowest BCUT2D eigenvalue weighted by Gasteiger charge is -2.32. The summed E-state index contributed by atoms with van der Waals surface area (Å²) in [7, 11) is 0. The standard InChI is InChI=1S/C16H16N2O3S/c19-15(18-9-5-4-8-13(18)16(20)21)14-17-12(10-22-14)11-6-2-1-3-7-11/h1-3,6-7,10,13H,4-5,8-9H2,(H,20,21). The molecule has 0 bridgehead atoms. The second kappa shape index (κ2) is 6.27. The van der Waals surface area contributed by atoms with Crippen LogP contribution >= 0.6 is 11.3 Å². The number of carbonyl (C=O) groups excluding carboxylic acids is 1. The van der Waals surface area contributed by atoms with Gasteiger partial charge in [0, 0.05) is 17.5 Å². The fourth-order valence-corrected chi connectivity index (χ4v) is 3.45. The number of thiazole rings is 1. The zero-order valence-corrected chi connectivity index (χ0v) is 12.8. The van der Waals surface area contributed by atoms with Gasteiger partial charge in [-0.25, -0.2) is 9.78 Å². The van der Waals surface area contributed by atoms with Crippen LogP contribution in [0.3, 0.4) is 0 Å². The van der Waals surface area contributed by atoms with E-state index in [1.807, 2.05) is 35.7 Å². The lowest BCUT2D eigenvalue weighted by molar-refractivity contribution is -0.143. The Hall–Kier alpha value is -2.21. The second-order valence-corrected chi connectivity index (χ2v) is 6.11. The zero-order chi connectivity index (χ0) is 15.5. The molecule has 1 saturated heterocycles. The molecule has 1 aromatic heterocycles. The first-order valence-corrected chi connectivity index (χ1v) is 8.09. The molecule has 0 spiro atoms. The van der Waals surface area contributed by atoms with Gasteiger partial charge in [-0.2, -0.15) is 0 Å². The molecule has 3 rings (SSSR count). The average Bonchev–Trinajstić information content (AvgIpc) is 3.05. The molecule has 1 N–H and O–H groups in total. The van der Waals surface area contributed by atoms with Gasteiger partial charge < -0.3 is 10.0 Å². The minimum atomic E-state index is -0.937. The van der Waals surface area contributed by atoms with Crippen LogP contribution in [0.15, 0.2) is 35.7 Å². The molecule has 2 heterocycles. The molecule has 0 aliphatic carbocycles. The van der Waals surface area contributed by atoms with E-state index < -0.39 is 12.0 Å². The van der Waals surface area contributed by atoms with Crippen LogP contribution < -0.4 is 0 Å². The number of likely N-dealkylation sites (tertiary alicyclic amines) is 1. The Bertz CT molecular complexity index is 684. The van der Waals surface area contributed by atoms with Gasteiger partial charge in [0.2, 0.25) is 0 Å². The number of aromatic nitrogens is 1. The monoisotopic (exact) mass is 316 g/mol. The first kappa shape index (κ1) is 14.7. The minimum Gasteiger partial charge on any atom is -0.480 e. The number of hydrogen-bond acceptors (Lipinski definition) is 4. The van der Waals surface area contributed by atoms with Crippen molar-refractivity contribution in [3.63, 3.8) is 0 Å². The lowest BCUT2D eigenvalue weighted by Crippen LogP contribution is -2.47. The summed E-state index contributed by atoms with van der Waals surface area (Å²) in [5.74, 6) is -1.22. The van der Waals surface area contributed by atoms with Crippen molar-refractivity contribution in [2.75, 3.05) is 6.54 Å². The highest BCUT2D eigenvalue weighted by Crippen LogP contribution is 2.25. The van der Waals surface area contributed by atoms with Crippen molar-refractivity contribution in [2.24, 2.45) is 0 Å². The highest BCUT2D eigenvalue weighted by Gasteiger charge is 2.33. The van der Waals surface area contributed by atoms with Crippen LogP contribution in [-0.2, 0) is 4.79 Å². The van der Waals surface area contributed by atoms with Crippen molar-refractivity contribution in [1.82, 2.24) is 9.88 Å². The van der Waals surface area contributed by atoms with E-state index in [0.717, 1.165) is 24.1 Å². The molecule has 1 unspecified atom stereocenters. The average molecular weight is 316 g/mol. The maximum atomic E-state index is 12.6. The van der Waals surface area contributed by atoms with Gasteiger partial charge in [-0.1, -0.05) is 30.3 Å². The smallest absolute Gasteiger partial charge is 0.326 e. The number of benzene rings is 1. The summed E-state index contributed by atoms with van der Waals surface area (Å²) >= 11 is 1.26. The van der Waals surface area contributed by atoms with Crippen molar-refractivity contribution in [1.29, 1.82) is 0 Å². The van der Waals surface area contributed by atoms with Gasteiger partial charge in [0.25, 0.3) is 5.91 Å². The van der Waals surface area contributed by atoms with E-state index in [-0.39, 0.29) is 5.91 Å². The lowest BCUT2D eigenvalue weighted by atomic mass is 10.0. The number of piperidine rings is 1. The Morgan fingerprint density at radius 3 is 2.73 bits per heavy atom. The molecule has 0 radical (unpaired) electrons. The summed E-state index contributed by atoms with van der Waals surface area (Å²) in [5, 5.41) is 11.5. The van der Waals surface area contributed by atoms with Crippen LogP contribution in [0, 0.1) is 0 Å². The normalized spacial score (nSPS) is 18.2. The molecule has 1 aromatic carbocycles. The van der Waals surface area contributed by atoms with Gasteiger partial charge in [0.15, 0.2) is 5.01 Å². The van der Waals surface area contributed by atoms with E-state index in [4.69, 9.17) is 0 Å². The number of carboxylic acid groups (broad SMARTS) is 1. The summed E-state index contributed by atoms with van der Waals surface area (Å²) in [6.07, 6.45) is 2.19. The van der Waals surface area contributed by atoms with Crippen molar-refractivity contribution in [2.45, 2.75) is 25.3 Å². The molecule has 1 fully saturated rings. The van der Waals surface area contributed by atoms with Crippen molar-refractivity contribution >= 4 is 23.2 Å². The van der Waals surface area contributed by atoms with E-state index >= 15 is 0 Å². The van der Waals surface area contributed by atoms with E-state index in [0.29, 0.717) is 18.0 Å². The molecule has 22 heavy (non-hydrogen) atoms. The predicted molar refractivity (Wildman–Crippen MR) is 83.9 cm³/mol. The van der Waals surface area contributed by atoms with Crippen LogP contribution in [0.5, 0.6) is 0 Å². The summed E-state index contributed by atoms with van der Waals surface area (Å²) < 4.78 is 0. The third-order valence-electron chi connectivity index (χ3n) is 3.81. The summed E-state index contributed by atoms with van der Waals surface area (Å²) in [4.78, 5) is 29.7. The molecule has 6 heteroatoms. The van der Waals surface area contributed by atoms with Gasteiger partial charge in [-0.15, -0.1) is 11.3 Å². The maximum absolute atomic E-state index is 12.6. The van der Waals surface area contributed by atoms with E-state index in [2.05, 4.69) is 4.98 Å². The molecular formula is C16H16N2O3S. The summed E-state index contributed by atoms with van der Waals surface area (Å²) in [6.45, 7) is 0.482. The third kappa shape index (κ3) is 2.87. The van der Waals surface area contributed by atoms with Gasteiger partial charge in [-0.05, 0) is 19.3 Å². The number of amides is 1. The predicted octanol–water partition coefficient (Wildman–Crippen LogP) is 2.89. The Morgan fingerprint density at radius 2 is 2.00 bits per heavy atom. The number of aliphatic carboxylic acids is 1. The van der Waals surface area contributed by atoms with Crippen molar-refractivity contribution < 1.29 is 14.7 Å². The molecule has 0 saturated carbocycles. The van der Waals surface area contributed by atoms with Crippen LogP contribution in [0.25, 0.3) is 11.3 Å². The van der Waals surface area contributed by atoms with Gasteiger partial charge in [0.1, 0.15) is 6.04 Å². The largest absolute Gasteiger partial charge is 0.480 e. The van der Waals surface area contributed by atoms with Crippen molar-refractivity contribution in [3.05, 3.63) is 40.7 Å². The summed E-state index contributed by atoms with van der Waals surface area (Å²) in [5.41, 5.74) is 1.70. The quantitative estimate of drug-likeness (QED) is 0.945. The van der Waals surface area contributed by atoms with E-state index in [1.165, 1.54) is 16.2 Å². The van der Waals surface area contributed by atoms with E-state index in [1.54, 1.807) is 0 Å². The Labute approximate surface area is 132 Å². The Morgan fingerprint density at radius 1 is 1.23 bits per heavy atom. The van der Waals surface area contributed by atoms with E-state index in [9.17, 15) is 14.7 Å². The zero-order valence-electron chi connectivity index (χ0n) is 11.9. The van der Waals surface area contributed by atoms with Crippen LogP contribution in [0.1, 0.15) is 29.1 Å². The number of rotatable bonds is 3. The van der Waals surface area contributed by atoms with Crippen LogP contribution in [0.4, 0.5) is 0 Å². The first-order valence-electron chi connectivity index (χ1n) is 7.21. The third-order valence-corrected chi connectivity index (χ3v) is 4.64. The van der Waals surface area contributed by atoms with Gasteiger partial charge in [0.05, 0.1) is 5.69 Å². The number of nitrogens with zero attached hydrogens (tertiary/aromatic N) is 2. The second-order valence-electron chi connectivity index (χ2n) is 5.25. The molecule has 1 atom stereocenters. The number of carbonyl (C=O) groups is 2. The molecule has 5 nitrogen and oxygen atoms in total. The van der Waals surface area contributed by atoms with Crippen molar-refractivity contribution in [3.8, 4) is 11.3 Å². The molecule has 1 amide bonds. The van der Waals surface area contributed by atoms with Gasteiger partial charge >= 0.3 is 5.97 Å². The highest BCUT2D eigenvalue weighted by molar-refractivity contribution is 7.12. The number of hydrogen-bond donors (Lipinski definition) is 1. The molecule has 1 aliphatic rings. The van der Waals surface area contributed by atoms with Gasteiger partial charge in [-0.3, -0.25) is 4.79 Å². The SMILES string of the molecule is O=C(O)C1CCCCN1C(=O)c1nc(-c2ccccc2)cs1. The Kier molecular flexibility index (Phi) is 4.20. The maximum Gasteiger partial charge on any atom is 0.326 e.